The monoisotopic (exact) mass is 266 g/mol. The Hall–Kier alpha value is -2.26. The van der Waals surface area contributed by atoms with Gasteiger partial charge in [-0.1, -0.05) is 30.3 Å². The zero-order valence-corrected chi connectivity index (χ0v) is 11.2. The minimum absolute atomic E-state index is 0.274. The predicted octanol–water partition coefficient (Wildman–Crippen LogP) is 3.16. The number of aromatic amines is 1. The van der Waals surface area contributed by atoms with E-state index in [1.165, 1.54) is 16.5 Å². The van der Waals surface area contributed by atoms with Gasteiger partial charge in [0.05, 0.1) is 0 Å². The normalized spacial score (nSPS) is 12.7. The average Bonchev–Trinajstić information content (AvgIpc) is 2.91. The van der Waals surface area contributed by atoms with Gasteiger partial charge in [-0.2, -0.15) is 0 Å². The Morgan fingerprint density at radius 2 is 1.80 bits per heavy atom. The number of benzene rings is 2. The lowest BCUT2D eigenvalue weighted by Crippen LogP contribution is -2.14. The van der Waals surface area contributed by atoms with Crippen molar-refractivity contribution in [3.63, 3.8) is 0 Å². The Kier molecular flexibility index (Phi) is 3.44. The molecular formula is C17H18N2O. The molecule has 0 aliphatic carbocycles. The molecule has 0 spiro atoms. The Labute approximate surface area is 118 Å². The second-order valence-corrected chi connectivity index (χ2v) is 5.09. The lowest BCUT2D eigenvalue weighted by molar-refractivity contribution is 0.475. The smallest absolute Gasteiger partial charge is 0.115 e. The fraction of sp³-hybridized carbons (Fsp3) is 0.176. The Bertz CT molecular complexity index is 700. The molecule has 0 radical (unpaired) electrons. The van der Waals surface area contributed by atoms with Gasteiger partial charge in [0.25, 0.3) is 0 Å². The average molecular weight is 266 g/mol. The highest BCUT2D eigenvalue weighted by Gasteiger charge is 2.15. The summed E-state index contributed by atoms with van der Waals surface area (Å²) in [7, 11) is 0. The van der Waals surface area contributed by atoms with E-state index in [9.17, 15) is 5.11 Å². The standard InChI is InChI=1S/C17H18N2O/c18-10-13(9-12-5-7-14(20)8-6-12)16-11-19-17-4-2-1-3-15(16)17/h1-8,11,13,19-20H,9-10,18H2. The van der Waals surface area contributed by atoms with E-state index in [4.69, 9.17) is 5.73 Å². The van der Waals surface area contributed by atoms with Crippen molar-refractivity contribution in [1.82, 2.24) is 4.98 Å². The maximum atomic E-state index is 9.34. The largest absolute Gasteiger partial charge is 0.508 e. The summed E-state index contributed by atoms with van der Waals surface area (Å²) in [6.07, 6.45) is 2.93. The van der Waals surface area contributed by atoms with Gasteiger partial charge in [-0.25, -0.2) is 0 Å². The van der Waals surface area contributed by atoms with Crippen molar-refractivity contribution in [2.24, 2.45) is 5.73 Å². The molecule has 0 saturated heterocycles. The van der Waals surface area contributed by atoms with Crippen LogP contribution in [0.15, 0.2) is 54.7 Å². The molecule has 3 nitrogen and oxygen atoms in total. The molecule has 2 aromatic carbocycles. The molecule has 0 saturated carbocycles. The number of nitrogens with two attached hydrogens (primary N) is 1. The number of fused-ring (bicyclic) bond motifs is 1. The van der Waals surface area contributed by atoms with Gasteiger partial charge in [-0.3, -0.25) is 0 Å². The number of aromatic nitrogens is 1. The summed E-state index contributed by atoms with van der Waals surface area (Å²) in [5.74, 6) is 0.570. The molecule has 102 valence electrons. The summed E-state index contributed by atoms with van der Waals surface area (Å²) < 4.78 is 0. The molecule has 3 rings (SSSR count). The SMILES string of the molecule is NCC(Cc1ccc(O)cc1)c1c[nH]c2ccccc12. The first-order valence-corrected chi connectivity index (χ1v) is 6.82. The van der Waals surface area contributed by atoms with Gasteiger partial charge < -0.3 is 15.8 Å². The number of phenols is 1. The van der Waals surface area contributed by atoms with Crippen molar-refractivity contribution in [3.8, 4) is 5.75 Å². The second kappa shape index (κ2) is 5.39. The van der Waals surface area contributed by atoms with Gasteiger partial charge in [-0.15, -0.1) is 0 Å². The summed E-state index contributed by atoms with van der Waals surface area (Å²) in [5, 5.41) is 10.6. The number of nitrogens with one attached hydrogen (secondary N) is 1. The highest BCUT2D eigenvalue weighted by atomic mass is 16.3. The Balaban J connectivity index is 1.91. The number of rotatable bonds is 4. The summed E-state index contributed by atoms with van der Waals surface area (Å²) in [5.41, 5.74) is 9.56. The van der Waals surface area contributed by atoms with E-state index in [1.807, 2.05) is 24.3 Å². The van der Waals surface area contributed by atoms with Crippen LogP contribution >= 0.6 is 0 Å². The van der Waals surface area contributed by atoms with Crippen molar-refractivity contribution in [3.05, 3.63) is 65.9 Å². The Morgan fingerprint density at radius 1 is 1.05 bits per heavy atom. The number of H-pyrrole nitrogens is 1. The van der Waals surface area contributed by atoms with Crippen molar-refractivity contribution in [2.75, 3.05) is 6.54 Å². The maximum Gasteiger partial charge on any atom is 0.115 e. The molecule has 1 unspecified atom stereocenters. The third kappa shape index (κ3) is 2.40. The maximum absolute atomic E-state index is 9.34. The molecule has 1 aromatic heterocycles. The van der Waals surface area contributed by atoms with Crippen molar-refractivity contribution < 1.29 is 5.11 Å². The predicted molar refractivity (Wildman–Crippen MR) is 81.9 cm³/mol. The fourth-order valence-electron chi connectivity index (χ4n) is 2.67. The molecule has 0 aliphatic heterocycles. The lowest BCUT2D eigenvalue weighted by atomic mass is 9.92. The van der Waals surface area contributed by atoms with E-state index >= 15 is 0 Å². The molecule has 0 amide bonds. The molecule has 1 atom stereocenters. The summed E-state index contributed by atoms with van der Waals surface area (Å²) in [6.45, 7) is 0.600. The van der Waals surface area contributed by atoms with Crippen LogP contribution in [0.5, 0.6) is 5.75 Å². The van der Waals surface area contributed by atoms with Gasteiger partial charge in [0.15, 0.2) is 0 Å². The Morgan fingerprint density at radius 3 is 2.55 bits per heavy atom. The van der Waals surface area contributed by atoms with Crippen LogP contribution in [-0.4, -0.2) is 16.6 Å². The first-order valence-electron chi connectivity index (χ1n) is 6.82. The van der Waals surface area contributed by atoms with Crippen molar-refractivity contribution in [2.45, 2.75) is 12.3 Å². The first-order chi connectivity index (χ1) is 9.78. The molecule has 0 fully saturated rings. The number of hydrogen-bond acceptors (Lipinski definition) is 2. The van der Waals surface area contributed by atoms with Crippen LogP contribution in [0.2, 0.25) is 0 Å². The molecule has 1 heterocycles. The van der Waals surface area contributed by atoms with Gasteiger partial charge in [-0.05, 0) is 42.3 Å². The molecule has 3 aromatic rings. The quantitative estimate of drug-likeness (QED) is 0.679. The fourth-order valence-corrected chi connectivity index (χ4v) is 2.67. The molecule has 20 heavy (non-hydrogen) atoms. The van der Waals surface area contributed by atoms with Gasteiger partial charge in [0.2, 0.25) is 0 Å². The number of hydrogen-bond donors (Lipinski definition) is 3. The topological polar surface area (TPSA) is 62.0 Å². The lowest BCUT2D eigenvalue weighted by Gasteiger charge is -2.14. The van der Waals surface area contributed by atoms with Gasteiger partial charge in [0, 0.05) is 23.0 Å². The van der Waals surface area contributed by atoms with Gasteiger partial charge in [0.1, 0.15) is 5.75 Å². The van der Waals surface area contributed by atoms with Crippen LogP contribution in [0.1, 0.15) is 17.0 Å². The molecule has 4 N–H and O–H groups in total. The van der Waals surface area contributed by atoms with Crippen LogP contribution in [0.3, 0.4) is 0 Å². The highest BCUT2D eigenvalue weighted by molar-refractivity contribution is 5.83. The second-order valence-electron chi connectivity index (χ2n) is 5.09. The van der Waals surface area contributed by atoms with Crippen LogP contribution in [0.4, 0.5) is 0 Å². The van der Waals surface area contributed by atoms with Crippen molar-refractivity contribution in [1.29, 1.82) is 0 Å². The van der Waals surface area contributed by atoms with Crippen molar-refractivity contribution >= 4 is 10.9 Å². The van der Waals surface area contributed by atoms with Crippen LogP contribution in [0, 0.1) is 0 Å². The van der Waals surface area contributed by atoms with E-state index in [2.05, 4.69) is 23.3 Å². The molecule has 0 bridgehead atoms. The molecule has 0 aliphatic rings. The minimum Gasteiger partial charge on any atom is -0.508 e. The third-order valence-corrected chi connectivity index (χ3v) is 3.76. The number of phenolic OH excluding ortho intramolecular Hbond substituents is 1. The summed E-state index contributed by atoms with van der Waals surface area (Å²) >= 11 is 0. The van der Waals surface area contributed by atoms with E-state index < -0.39 is 0 Å². The number of para-hydroxylation sites is 1. The zero-order valence-electron chi connectivity index (χ0n) is 11.2. The third-order valence-electron chi connectivity index (χ3n) is 3.76. The van der Waals surface area contributed by atoms with Crippen LogP contribution in [0.25, 0.3) is 10.9 Å². The summed E-state index contributed by atoms with van der Waals surface area (Å²) in [4.78, 5) is 3.30. The van der Waals surface area contributed by atoms with Crippen LogP contribution < -0.4 is 5.73 Å². The highest BCUT2D eigenvalue weighted by Crippen LogP contribution is 2.28. The minimum atomic E-state index is 0.274. The molecule has 3 heteroatoms. The zero-order chi connectivity index (χ0) is 13.9. The number of aromatic hydroxyl groups is 1. The van der Waals surface area contributed by atoms with E-state index in [1.54, 1.807) is 12.1 Å². The van der Waals surface area contributed by atoms with Crippen LogP contribution in [-0.2, 0) is 6.42 Å². The summed E-state index contributed by atoms with van der Waals surface area (Å²) in [6, 6.07) is 15.6. The van der Waals surface area contributed by atoms with E-state index in [-0.39, 0.29) is 5.92 Å². The molecular weight excluding hydrogens is 248 g/mol. The van der Waals surface area contributed by atoms with E-state index in [0.717, 1.165) is 11.9 Å². The van der Waals surface area contributed by atoms with E-state index in [0.29, 0.717) is 12.3 Å². The first kappa shape index (κ1) is 12.8. The van der Waals surface area contributed by atoms with Gasteiger partial charge >= 0.3 is 0 Å².